The lowest BCUT2D eigenvalue weighted by Crippen LogP contribution is -2.31. The van der Waals surface area contributed by atoms with E-state index in [0.717, 1.165) is 57.9 Å². The number of aromatic nitrogens is 4. The van der Waals surface area contributed by atoms with Gasteiger partial charge in [-0.3, -0.25) is 19.7 Å². The summed E-state index contributed by atoms with van der Waals surface area (Å²) in [6.07, 6.45) is 3.24. The van der Waals surface area contributed by atoms with Crippen molar-refractivity contribution in [1.82, 2.24) is 19.5 Å². The second kappa shape index (κ2) is 13.5. The third-order valence-electron chi connectivity index (χ3n) is 8.92. The molecule has 49 heavy (non-hydrogen) atoms. The zero-order chi connectivity index (χ0) is 35.0. The second-order valence-corrected chi connectivity index (χ2v) is 15.6. The highest BCUT2D eigenvalue weighted by molar-refractivity contribution is 8.00. The molecule has 0 aliphatic heterocycles. The molecule has 5 aromatic rings. The molecular formula is C38H39F3N4O3S. The first-order valence-corrected chi connectivity index (χ1v) is 17.1. The van der Waals surface area contributed by atoms with Crippen LogP contribution in [0.25, 0.3) is 22.2 Å². The number of carbonyl (C=O) groups is 1. The molecule has 1 fully saturated rings. The van der Waals surface area contributed by atoms with Crippen molar-refractivity contribution < 1.29 is 27.8 Å². The van der Waals surface area contributed by atoms with Crippen LogP contribution in [0, 0.1) is 12.3 Å². The van der Waals surface area contributed by atoms with Crippen molar-refractivity contribution in [3.8, 4) is 17.0 Å². The van der Waals surface area contributed by atoms with Gasteiger partial charge in [-0.1, -0.05) is 57.9 Å². The second-order valence-electron chi connectivity index (χ2n) is 13.8. The van der Waals surface area contributed by atoms with Crippen LogP contribution < -0.4 is 4.74 Å². The van der Waals surface area contributed by atoms with Crippen LogP contribution in [-0.2, 0) is 30.5 Å². The van der Waals surface area contributed by atoms with Gasteiger partial charge in [-0.15, -0.1) is 11.8 Å². The zero-order valence-corrected chi connectivity index (χ0v) is 28.8. The molecule has 0 amide bonds. The highest BCUT2D eigenvalue weighted by Gasteiger charge is 2.43. The molecule has 3 heterocycles. The van der Waals surface area contributed by atoms with Crippen molar-refractivity contribution in [2.24, 2.45) is 5.41 Å². The van der Waals surface area contributed by atoms with Gasteiger partial charge in [0.1, 0.15) is 12.4 Å². The number of halogens is 3. The fraction of sp³-hybridized carbons (Fsp3) is 0.368. The number of hydrogen-bond acceptors (Lipinski definition) is 6. The Bertz CT molecular complexity index is 1940. The molecule has 0 atom stereocenters. The third-order valence-corrected chi connectivity index (χ3v) is 10.2. The van der Waals surface area contributed by atoms with Crippen molar-refractivity contribution in [2.75, 3.05) is 0 Å². The summed E-state index contributed by atoms with van der Waals surface area (Å²) in [6.45, 7) is 9.07. The van der Waals surface area contributed by atoms with Crippen molar-refractivity contribution in [3.05, 3.63) is 101 Å². The topological polar surface area (TPSA) is 90.1 Å². The molecule has 1 aliphatic rings. The summed E-state index contributed by atoms with van der Waals surface area (Å²) >= 11 is 1.73. The van der Waals surface area contributed by atoms with Gasteiger partial charge in [0.2, 0.25) is 0 Å². The Hall–Kier alpha value is -4.38. The first-order chi connectivity index (χ1) is 23.2. The fourth-order valence-corrected chi connectivity index (χ4v) is 7.59. The highest BCUT2D eigenvalue weighted by atomic mass is 32.2. The number of aryl methyl sites for hydroxylation is 1. The first kappa shape index (κ1) is 34.5. The summed E-state index contributed by atoms with van der Waals surface area (Å²) in [5.41, 5.74) is 3.98. The number of rotatable bonds is 10. The van der Waals surface area contributed by atoms with Crippen molar-refractivity contribution in [2.45, 2.75) is 88.8 Å². The number of ether oxygens (including phenoxy) is 1. The van der Waals surface area contributed by atoms with E-state index in [1.165, 1.54) is 6.07 Å². The van der Waals surface area contributed by atoms with E-state index >= 15 is 0 Å². The van der Waals surface area contributed by atoms with Crippen molar-refractivity contribution in [3.63, 3.8) is 0 Å². The smallest absolute Gasteiger partial charge is 0.417 e. The van der Waals surface area contributed by atoms with Gasteiger partial charge in [0.15, 0.2) is 0 Å². The van der Waals surface area contributed by atoms with Crippen LogP contribution in [0.1, 0.15) is 74.7 Å². The van der Waals surface area contributed by atoms with Crippen LogP contribution in [0.3, 0.4) is 0 Å². The molecule has 6 rings (SSSR count). The van der Waals surface area contributed by atoms with Gasteiger partial charge < -0.3 is 14.4 Å². The number of pyridine rings is 1. The predicted molar refractivity (Wildman–Crippen MR) is 185 cm³/mol. The van der Waals surface area contributed by atoms with Crippen LogP contribution in [0.2, 0.25) is 0 Å². The third kappa shape index (κ3) is 7.77. The molecule has 0 bridgehead atoms. The van der Waals surface area contributed by atoms with E-state index in [4.69, 9.17) is 4.74 Å². The SMILES string of the molecule is Cc1cnc(COc2ccc3c(c2)c(SC(C)(C)C)c(CC2(C(=O)O)CCCC2)n3Cc2ccc(-c3ccc(C(F)(F)F)cn3)cc2)cn1. The lowest BCUT2D eigenvalue weighted by atomic mass is 9.81. The maximum atomic E-state index is 13.1. The summed E-state index contributed by atoms with van der Waals surface area (Å²) in [4.78, 5) is 26.6. The van der Waals surface area contributed by atoms with Crippen LogP contribution in [-0.4, -0.2) is 35.3 Å². The van der Waals surface area contributed by atoms with Crippen LogP contribution in [0.15, 0.2) is 78.1 Å². The van der Waals surface area contributed by atoms with E-state index < -0.39 is 23.1 Å². The van der Waals surface area contributed by atoms with Gasteiger partial charge in [0, 0.05) is 57.2 Å². The van der Waals surface area contributed by atoms with Gasteiger partial charge in [0.05, 0.1) is 34.3 Å². The molecule has 0 radical (unpaired) electrons. The number of hydrogen-bond donors (Lipinski definition) is 1. The lowest BCUT2D eigenvalue weighted by molar-refractivity contribution is -0.148. The standard InChI is InChI=1S/C38H39F3N4O3S/c1-24-19-43-28(21-42-24)23-48-29-12-14-32-30(17-29)34(49-36(2,3)4)33(18-37(35(46)47)15-5-6-16-37)45(32)22-25-7-9-26(10-8-25)31-13-11-27(20-44-31)38(39,40)41/h7-14,17,19-21H,5-6,15-16,18,22-23H2,1-4H3,(H,46,47). The zero-order valence-electron chi connectivity index (χ0n) is 28.0. The van der Waals surface area contributed by atoms with Crippen molar-refractivity contribution >= 4 is 28.6 Å². The predicted octanol–water partition coefficient (Wildman–Crippen LogP) is 9.53. The Morgan fingerprint density at radius 3 is 2.29 bits per heavy atom. The van der Waals surface area contributed by atoms with E-state index in [0.29, 0.717) is 48.5 Å². The Labute approximate surface area is 288 Å². The van der Waals surface area contributed by atoms with E-state index in [2.05, 4.69) is 40.3 Å². The maximum Gasteiger partial charge on any atom is 0.417 e. The minimum Gasteiger partial charge on any atom is -0.487 e. The largest absolute Gasteiger partial charge is 0.487 e. The Morgan fingerprint density at radius 2 is 1.69 bits per heavy atom. The van der Waals surface area contributed by atoms with E-state index in [9.17, 15) is 23.1 Å². The molecule has 2 aromatic carbocycles. The molecule has 11 heteroatoms. The Morgan fingerprint density at radius 1 is 0.959 bits per heavy atom. The molecule has 256 valence electrons. The molecule has 0 spiro atoms. The fourth-order valence-electron chi connectivity index (χ4n) is 6.41. The van der Waals surface area contributed by atoms with E-state index in [1.807, 2.05) is 49.4 Å². The van der Waals surface area contributed by atoms with Gasteiger partial charge in [-0.25, -0.2) is 0 Å². The summed E-state index contributed by atoms with van der Waals surface area (Å²) in [7, 11) is 0. The number of alkyl halides is 3. The Balaban J connectivity index is 1.40. The van der Waals surface area contributed by atoms with Crippen LogP contribution in [0.4, 0.5) is 13.2 Å². The van der Waals surface area contributed by atoms with Crippen LogP contribution in [0.5, 0.6) is 5.75 Å². The van der Waals surface area contributed by atoms with E-state index in [1.54, 1.807) is 24.2 Å². The molecule has 0 saturated heterocycles. The van der Waals surface area contributed by atoms with Gasteiger partial charge in [-0.2, -0.15) is 13.2 Å². The molecule has 0 unspecified atom stereocenters. The number of thioether (sulfide) groups is 1. The number of carboxylic acid groups (broad SMARTS) is 1. The molecule has 1 saturated carbocycles. The first-order valence-electron chi connectivity index (χ1n) is 16.3. The summed E-state index contributed by atoms with van der Waals surface area (Å²) < 4.78 is 47.5. The summed E-state index contributed by atoms with van der Waals surface area (Å²) in [6, 6.07) is 16.0. The van der Waals surface area contributed by atoms with Gasteiger partial charge in [0.25, 0.3) is 0 Å². The summed E-state index contributed by atoms with van der Waals surface area (Å²) in [5.74, 6) is -0.0818. The molecular weight excluding hydrogens is 650 g/mol. The van der Waals surface area contributed by atoms with Crippen LogP contribution >= 0.6 is 11.8 Å². The molecule has 3 aromatic heterocycles. The quantitative estimate of drug-likeness (QED) is 0.146. The minimum atomic E-state index is -4.45. The number of aliphatic carboxylic acids is 1. The average Bonchev–Trinajstić information content (AvgIpc) is 3.64. The minimum absolute atomic E-state index is 0.162. The number of carboxylic acids is 1. The average molecular weight is 689 g/mol. The van der Waals surface area contributed by atoms with E-state index in [-0.39, 0.29) is 11.4 Å². The summed E-state index contributed by atoms with van der Waals surface area (Å²) in [5, 5.41) is 11.5. The number of fused-ring (bicyclic) bond motifs is 1. The van der Waals surface area contributed by atoms with Gasteiger partial charge in [-0.05, 0) is 55.7 Å². The van der Waals surface area contributed by atoms with Gasteiger partial charge >= 0.3 is 12.1 Å². The number of nitrogens with zero attached hydrogens (tertiary/aromatic N) is 4. The van der Waals surface area contributed by atoms with Crippen molar-refractivity contribution in [1.29, 1.82) is 0 Å². The molecule has 1 N–H and O–H groups in total. The number of benzene rings is 2. The monoisotopic (exact) mass is 688 g/mol. The maximum absolute atomic E-state index is 13.1. The lowest BCUT2D eigenvalue weighted by Gasteiger charge is -2.27. The molecule has 1 aliphatic carbocycles. The Kier molecular flexibility index (Phi) is 9.50. The normalized spacial score (nSPS) is 14.8. The molecule has 7 nitrogen and oxygen atoms in total. The highest BCUT2D eigenvalue weighted by Crippen LogP contribution is 2.48.